The highest BCUT2D eigenvalue weighted by atomic mass is 127. The number of hydrogen-bond donors (Lipinski definition) is 3. The minimum atomic E-state index is 0. The smallest absolute Gasteiger partial charge is 0.191 e. The molecule has 1 rings (SSSR count). The molecule has 6 nitrogen and oxygen atoms in total. The third-order valence-electron chi connectivity index (χ3n) is 4.50. The molecule has 1 atom stereocenters. The quantitative estimate of drug-likeness (QED) is 0.152. The van der Waals surface area contributed by atoms with Gasteiger partial charge in [-0.2, -0.15) is 0 Å². The number of hydrogen-bond acceptors (Lipinski definition) is 4. The first-order valence-corrected chi connectivity index (χ1v) is 10.6. The SMILES string of the molecule is CCCC(CCO)CNC(=NCc1ccc(OCCCN(C)C)cc1)NCC.I. The normalized spacial score (nSPS) is 12.4. The van der Waals surface area contributed by atoms with E-state index in [1.807, 2.05) is 12.1 Å². The molecule has 0 amide bonds. The van der Waals surface area contributed by atoms with Crippen molar-refractivity contribution < 1.29 is 9.84 Å². The first-order valence-electron chi connectivity index (χ1n) is 10.6. The summed E-state index contributed by atoms with van der Waals surface area (Å²) in [5.74, 6) is 2.20. The summed E-state index contributed by atoms with van der Waals surface area (Å²) < 4.78 is 5.78. The van der Waals surface area contributed by atoms with Gasteiger partial charge in [-0.1, -0.05) is 25.5 Å². The molecule has 1 unspecified atom stereocenters. The number of benzene rings is 1. The molecular formula is C22H41IN4O2. The van der Waals surface area contributed by atoms with E-state index in [1.54, 1.807) is 0 Å². The number of aliphatic hydroxyl groups excluding tert-OH is 1. The summed E-state index contributed by atoms with van der Waals surface area (Å²) in [5.41, 5.74) is 1.15. The Labute approximate surface area is 194 Å². The Hall–Kier alpha value is -1.06. The summed E-state index contributed by atoms with van der Waals surface area (Å²) in [6, 6.07) is 8.17. The lowest BCUT2D eigenvalue weighted by atomic mass is 10.0. The van der Waals surface area contributed by atoms with Crippen LogP contribution in [0.5, 0.6) is 5.75 Å². The zero-order valence-corrected chi connectivity index (χ0v) is 20.9. The Morgan fingerprint density at radius 3 is 2.45 bits per heavy atom. The van der Waals surface area contributed by atoms with E-state index in [-0.39, 0.29) is 30.6 Å². The van der Waals surface area contributed by atoms with Crippen molar-refractivity contribution in [3.05, 3.63) is 29.8 Å². The molecule has 0 aromatic heterocycles. The fraction of sp³-hybridized carbons (Fsp3) is 0.682. The van der Waals surface area contributed by atoms with Crippen molar-refractivity contribution in [1.82, 2.24) is 15.5 Å². The standard InChI is InChI=1S/C22H40N4O2.HI/c1-5-8-19(13-15-27)17-24-22(23-6-2)25-18-20-9-11-21(12-10-20)28-16-7-14-26(3)4;/h9-12,19,27H,5-8,13-18H2,1-4H3,(H2,23,24,25);1H. The van der Waals surface area contributed by atoms with Crippen molar-refractivity contribution in [2.75, 3.05) is 46.9 Å². The largest absolute Gasteiger partial charge is 0.494 e. The van der Waals surface area contributed by atoms with Gasteiger partial charge in [0.1, 0.15) is 5.75 Å². The first kappa shape index (κ1) is 27.9. The molecular weight excluding hydrogens is 479 g/mol. The number of nitrogens with zero attached hydrogens (tertiary/aromatic N) is 2. The van der Waals surface area contributed by atoms with Crippen LogP contribution in [0.15, 0.2) is 29.3 Å². The number of aliphatic hydroxyl groups is 1. The van der Waals surface area contributed by atoms with E-state index in [0.717, 1.165) is 69.2 Å². The van der Waals surface area contributed by atoms with Gasteiger partial charge in [0.15, 0.2) is 5.96 Å². The van der Waals surface area contributed by atoms with E-state index < -0.39 is 0 Å². The second-order valence-electron chi connectivity index (χ2n) is 7.39. The number of nitrogens with one attached hydrogen (secondary N) is 2. The lowest BCUT2D eigenvalue weighted by Crippen LogP contribution is -2.40. The number of rotatable bonds is 14. The van der Waals surface area contributed by atoms with E-state index in [9.17, 15) is 5.11 Å². The number of halogens is 1. The van der Waals surface area contributed by atoms with Crippen LogP contribution in [-0.4, -0.2) is 62.9 Å². The molecule has 29 heavy (non-hydrogen) atoms. The molecule has 3 N–H and O–H groups in total. The van der Waals surface area contributed by atoms with Crippen LogP contribution in [0.2, 0.25) is 0 Å². The molecule has 1 aromatic rings. The molecule has 0 saturated carbocycles. The lowest BCUT2D eigenvalue weighted by Gasteiger charge is -2.18. The van der Waals surface area contributed by atoms with E-state index in [4.69, 9.17) is 4.74 Å². The summed E-state index contributed by atoms with van der Waals surface area (Å²) >= 11 is 0. The maximum Gasteiger partial charge on any atom is 0.191 e. The molecule has 168 valence electrons. The van der Waals surface area contributed by atoms with Crippen molar-refractivity contribution in [2.24, 2.45) is 10.9 Å². The fourth-order valence-electron chi connectivity index (χ4n) is 2.95. The van der Waals surface area contributed by atoms with Gasteiger partial charge in [0, 0.05) is 26.2 Å². The molecule has 0 aliphatic carbocycles. The van der Waals surface area contributed by atoms with Crippen molar-refractivity contribution in [2.45, 2.75) is 46.1 Å². The second kappa shape index (κ2) is 17.8. The summed E-state index contributed by atoms with van der Waals surface area (Å²) in [7, 11) is 4.14. The molecule has 1 aromatic carbocycles. The van der Waals surface area contributed by atoms with Crippen molar-refractivity contribution in [3.8, 4) is 5.75 Å². The van der Waals surface area contributed by atoms with Gasteiger partial charge in [-0.15, -0.1) is 24.0 Å². The number of guanidine groups is 1. The Balaban J connectivity index is 0.00000784. The average Bonchev–Trinajstić information content (AvgIpc) is 2.68. The topological polar surface area (TPSA) is 69.1 Å². The van der Waals surface area contributed by atoms with Crippen LogP contribution in [-0.2, 0) is 6.54 Å². The molecule has 0 saturated heterocycles. The van der Waals surface area contributed by atoms with Crippen LogP contribution in [0.25, 0.3) is 0 Å². The molecule has 0 fully saturated rings. The number of aliphatic imine (C=N–C) groups is 1. The second-order valence-corrected chi connectivity index (χ2v) is 7.39. The number of ether oxygens (including phenoxy) is 1. The molecule has 0 radical (unpaired) electrons. The highest BCUT2D eigenvalue weighted by molar-refractivity contribution is 14.0. The van der Waals surface area contributed by atoms with Gasteiger partial charge in [-0.05, 0) is 63.9 Å². The van der Waals surface area contributed by atoms with Crippen LogP contribution in [0.3, 0.4) is 0 Å². The Morgan fingerprint density at radius 2 is 1.86 bits per heavy atom. The van der Waals surface area contributed by atoms with Crippen molar-refractivity contribution >= 4 is 29.9 Å². The van der Waals surface area contributed by atoms with Crippen LogP contribution in [0, 0.1) is 5.92 Å². The Bertz CT molecular complexity index is 532. The van der Waals surface area contributed by atoms with Gasteiger partial charge in [-0.25, -0.2) is 4.99 Å². The zero-order chi connectivity index (χ0) is 20.6. The maximum atomic E-state index is 9.21. The molecule has 7 heteroatoms. The van der Waals surface area contributed by atoms with E-state index >= 15 is 0 Å². The van der Waals surface area contributed by atoms with E-state index in [2.05, 4.69) is 60.6 Å². The van der Waals surface area contributed by atoms with Gasteiger partial charge in [0.05, 0.1) is 13.2 Å². The summed E-state index contributed by atoms with van der Waals surface area (Å²) in [6.07, 6.45) is 4.09. The van der Waals surface area contributed by atoms with Crippen molar-refractivity contribution in [1.29, 1.82) is 0 Å². The van der Waals surface area contributed by atoms with Gasteiger partial charge in [-0.3, -0.25) is 0 Å². The highest BCUT2D eigenvalue weighted by Gasteiger charge is 2.08. The molecule has 0 aliphatic rings. The highest BCUT2D eigenvalue weighted by Crippen LogP contribution is 2.13. The summed E-state index contributed by atoms with van der Waals surface area (Å²) in [6.45, 7) is 8.53. The molecule has 0 spiro atoms. The minimum absolute atomic E-state index is 0. The fourth-order valence-corrected chi connectivity index (χ4v) is 2.95. The summed E-state index contributed by atoms with van der Waals surface area (Å²) in [4.78, 5) is 6.85. The maximum absolute atomic E-state index is 9.21. The lowest BCUT2D eigenvalue weighted by molar-refractivity contribution is 0.251. The average molecular weight is 521 g/mol. The third kappa shape index (κ3) is 13.7. The Morgan fingerprint density at radius 1 is 1.14 bits per heavy atom. The Kier molecular flexibility index (Phi) is 17.1. The van der Waals surface area contributed by atoms with Crippen molar-refractivity contribution in [3.63, 3.8) is 0 Å². The molecule has 0 bridgehead atoms. The summed E-state index contributed by atoms with van der Waals surface area (Å²) in [5, 5.41) is 15.9. The first-order chi connectivity index (χ1) is 13.6. The van der Waals surface area contributed by atoms with Gasteiger partial charge < -0.3 is 25.4 Å². The third-order valence-corrected chi connectivity index (χ3v) is 4.50. The van der Waals surface area contributed by atoms with Gasteiger partial charge >= 0.3 is 0 Å². The van der Waals surface area contributed by atoms with Gasteiger partial charge in [0.25, 0.3) is 0 Å². The minimum Gasteiger partial charge on any atom is -0.494 e. The predicted molar refractivity (Wildman–Crippen MR) is 133 cm³/mol. The van der Waals surface area contributed by atoms with Gasteiger partial charge in [0.2, 0.25) is 0 Å². The molecule has 0 aliphatic heterocycles. The van der Waals surface area contributed by atoms with E-state index in [1.165, 1.54) is 0 Å². The van der Waals surface area contributed by atoms with Crippen LogP contribution >= 0.6 is 24.0 Å². The van der Waals surface area contributed by atoms with Crippen LogP contribution < -0.4 is 15.4 Å². The zero-order valence-electron chi connectivity index (χ0n) is 18.6. The monoisotopic (exact) mass is 520 g/mol. The molecule has 0 heterocycles. The van der Waals surface area contributed by atoms with Crippen LogP contribution in [0.1, 0.15) is 45.1 Å². The van der Waals surface area contributed by atoms with Crippen LogP contribution in [0.4, 0.5) is 0 Å². The predicted octanol–water partition coefficient (Wildman–Crippen LogP) is 3.49. The van der Waals surface area contributed by atoms with E-state index in [0.29, 0.717) is 12.5 Å².